The molecule has 0 bridgehead atoms. The van der Waals surface area contributed by atoms with E-state index in [2.05, 4.69) is 49.1 Å². The van der Waals surface area contributed by atoms with Crippen LogP contribution < -0.4 is 5.32 Å². The number of imidazole rings is 1. The summed E-state index contributed by atoms with van der Waals surface area (Å²) >= 11 is 3.41. The Morgan fingerprint density at radius 1 is 1.22 bits per heavy atom. The summed E-state index contributed by atoms with van der Waals surface area (Å²) in [6.07, 6.45) is 8.36. The van der Waals surface area contributed by atoms with Crippen LogP contribution in [0.25, 0.3) is 5.65 Å². The van der Waals surface area contributed by atoms with E-state index in [-0.39, 0.29) is 12.0 Å². The molecule has 168 valence electrons. The van der Waals surface area contributed by atoms with Crippen molar-refractivity contribution < 1.29 is 9.53 Å². The first-order valence-electron chi connectivity index (χ1n) is 11.1. The molecule has 1 aliphatic carbocycles. The van der Waals surface area contributed by atoms with Gasteiger partial charge in [-0.1, -0.05) is 0 Å². The minimum Gasteiger partial charge on any atom is -0.444 e. The van der Waals surface area contributed by atoms with Crippen LogP contribution in [0.4, 0.5) is 10.5 Å². The summed E-state index contributed by atoms with van der Waals surface area (Å²) in [6.45, 7) is 7.67. The van der Waals surface area contributed by atoms with Crippen LogP contribution in [0.1, 0.15) is 62.3 Å². The Labute approximate surface area is 196 Å². The highest BCUT2D eigenvalue weighted by Crippen LogP contribution is 2.42. The Balaban J connectivity index is 1.36. The molecule has 0 spiro atoms. The van der Waals surface area contributed by atoms with E-state index in [1.165, 1.54) is 24.0 Å². The molecule has 2 aliphatic rings. The highest BCUT2D eigenvalue weighted by atomic mass is 79.9. The predicted octanol–water partition coefficient (Wildman–Crippen LogP) is 5.32. The number of ether oxygens (including phenoxy) is 1. The van der Waals surface area contributed by atoms with Crippen molar-refractivity contribution in [1.82, 2.24) is 19.3 Å². The number of pyridine rings is 2. The van der Waals surface area contributed by atoms with Crippen molar-refractivity contribution in [3.63, 3.8) is 0 Å². The Hall–Kier alpha value is -2.61. The van der Waals surface area contributed by atoms with Crippen molar-refractivity contribution in [2.45, 2.75) is 57.6 Å². The molecule has 7 nitrogen and oxygen atoms in total. The fourth-order valence-electron chi connectivity index (χ4n) is 4.08. The van der Waals surface area contributed by atoms with E-state index in [0.29, 0.717) is 25.6 Å². The van der Waals surface area contributed by atoms with Gasteiger partial charge in [-0.25, -0.2) is 14.8 Å². The van der Waals surface area contributed by atoms with Gasteiger partial charge in [0.05, 0.1) is 12.2 Å². The van der Waals surface area contributed by atoms with Gasteiger partial charge in [0.25, 0.3) is 0 Å². The first-order chi connectivity index (χ1) is 15.2. The Kier molecular flexibility index (Phi) is 5.35. The molecule has 1 amide bonds. The second-order valence-corrected chi connectivity index (χ2v) is 10.6. The minimum atomic E-state index is -0.475. The number of likely N-dealkylation sites (tertiary alicyclic amines) is 1. The molecule has 2 fully saturated rings. The number of halogens is 1. The normalized spacial score (nSPS) is 16.8. The lowest BCUT2D eigenvalue weighted by Gasteiger charge is -2.40. The number of nitrogens with zero attached hydrogens (tertiary/aromatic N) is 4. The van der Waals surface area contributed by atoms with E-state index in [1.54, 1.807) is 11.1 Å². The zero-order chi connectivity index (χ0) is 22.5. The summed E-state index contributed by atoms with van der Waals surface area (Å²) < 4.78 is 8.49. The largest absolute Gasteiger partial charge is 0.444 e. The number of carbonyl (C=O) groups is 1. The summed E-state index contributed by atoms with van der Waals surface area (Å²) in [5, 5.41) is 3.42. The Bertz CT molecular complexity index is 1160. The van der Waals surface area contributed by atoms with Crippen molar-refractivity contribution >= 4 is 33.4 Å². The average Bonchev–Trinajstić information content (AvgIpc) is 3.43. The third-order valence-electron chi connectivity index (χ3n) is 5.87. The summed E-state index contributed by atoms with van der Waals surface area (Å²) in [4.78, 5) is 23.3. The molecule has 4 heterocycles. The molecular weight excluding hydrogens is 470 g/mol. The molecule has 1 saturated carbocycles. The maximum Gasteiger partial charge on any atom is 0.410 e. The van der Waals surface area contributed by atoms with Gasteiger partial charge in [-0.3, -0.25) is 0 Å². The van der Waals surface area contributed by atoms with Crippen molar-refractivity contribution in [2.75, 3.05) is 18.4 Å². The van der Waals surface area contributed by atoms with Gasteiger partial charge in [0.1, 0.15) is 15.9 Å². The van der Waals surface area contributed by atoms with Crippen LogP contribution in [0.5, 0.6) is 0 Å². The molecule has 32 heavy (non-hydrogen) atoms. The number of aromatic nitrogens is 3. The lowest BCUT2D eigenvalue weighted by atomic mass is 9.91. The molecule has 0 aromatic carbocycles. The van der Waals surface area contributed by atoms with Gasteiger partial charge < -0.3 is 19.4 Å². The van der Waals surface area contributed by atoms with Crippen LogP contribution in [0.15, 0.2) is 41.4 Å². The van der Waals surface area contributed by atoms with Gasteiger partial charge in [-0.05, 0) is 79.2 Å². The SMILES string of the molecule is CC(C)(C)OC(=O)N1CC(c2cc(C3CC3)cn3cc(CNc4ccnc(Br)c4)nc23)C1. The first kappa shape index (κ1) is 21.2. The van der Waals surface area contributed by atoms with Gasteiger partial charge in [0.15, 0.2) is 0 Å². The third kappa shape index (κ3) is 4.60. The topological polar surface area (TPSA) is 71.8 Å². The smallest absolute Gasteiger partial charge is 0.410 e. The van der Waals surface area contributed by atoms with Gasteiger partial charge in [0.2, 0.25) is 0 Å². The molecule has 0 unspecified atom stereocenters. The summed E-state index contributed by atoms with van der Waals surface area (Å²) in [5.41, 5.74) is 5.09. The van der Waals surface area contributed by atoms with Crippen LogP contribution in [-0.4, -0.2) is 44.1 Å². The highest BCUT2D eigenvalue weighted by Gasteiger charge is 2.37. The predicted molar refractivity (Wildman–Crippen MR) is 127 cm³/mol. The third-order valence-corrected chi connectivity index (χ3v) is 6.31. The Morgan fingerprint density at radius 3 is 2.69 bits per heavy atom. The van der Waals surface area contributed by atoms with Crippen LogP contribution >= 0.6 is 15.9 Å². The molecule has 0 atom stereocenters. The van der Waals surface area contributed by atoms with Gasteiger partial charge in [-0.2, -0.15) is 0 Å². The van der Waals surface area contributed by atoms with Gasteiger partial charge in [0, 0.05) is 48.8 Å². The van der Waals surface area contributed by atoms with E-state index >= 15 is 0 Å². The number of hydrogen-bond acceptors (Lipinski definition) is 5. The van der Waals surface area contributed by atoms with E-state index < -0.39 is 5.60 Å². The maximum atomic E-state index is 12.4. The standard InChI is InChI=1S/C24H28BrN5O2/c1-24(2,3)32-23(31)30-12-17(13-30)20-8-16(15-4-5-15)11-29-14-19(28-22(20)29)10-27-18-6-7-26-21(25)9-18/h6-9,11,14-15,17H,4-5,10,12-13H2,1-3H3,(H,26,27). The zero-order valence-electron chi connectivity index (χ0n) is 18.6. The number of amides is 1. The minimum absolute atomic E-state index is 0.236. The molecule has 0 radical (unpaired) electrons. The number of rotatable bonds is 5. The van der Waals surface area contributed by atoms with E-state index in [9.17, 15) is 4.79 Å². The molecule has 1 saturated heterocycles. The van der Waals surface area contributed by atoms with Crippen LogP contribution in [0.2, 0.25) is 0 Å². The molecule has 1 aliphatic heterocycles. The van der Waals surface area contributed by atoms with Crippen molar-refractivity contribution in [2.24, 2.45) is 0 Å². The lowest BCUT2D eigenvalue weighted by Crippen LogP contribution is -2.50. The van der Waals surface area contributed by atoms with Crippen LogP contribution in [0, 0.1) is 0 Å². The fourth-order valence-corrected chi connectivity index (χ4v) is 4.44. The van der Waals surface area contributed by atoms with Crippen molar-refractivity contribution in [3.05, 3.63) is 58.2 Å². The number of anilines is 1. The second kappa shape index (κ2) is 8.06. The number of nitrogens with one attached hydrogen (secondary N) is 1. The maximum absolute atomic E-state index is 12.4. The molecule has 3 aromatic rings. The van der Waals surface area contributed by atoms with Crippen LogP contribution in [0.3, 0.4) is 0 Å². The van der Waals surface area contributed by atoms with E-state index in [0.717, 1.165) is 21.6 Å². The summed E-state index contributed by atoms with van der Waals surface area (Å²) in [7, 11) is 0. The molecule has 8 heteroatoms. The highest BCUT2D eigenvalue weighted by molar-refractivity contribution is 9.10. The van der Waals surface area contributed by atoms with Crippen molar-refractivity contribution in [3.8, 4) is 0 Å². The average molecular weight is 498 g/mol. The first-order valence-corrected chi connectivity index (χ1v) is 11.9. The monoisotopic (exact) mass is 497 g/mol. The number of carbonyl (C=O) groups excluding carboxylic acids is 1. The van der Waals surface area contributed by atoms with E-state index in [4.69, 9.17) is 9.72 Å². The van der Waals surface area contributed by atoms with Crippen molar-refractivity contribution in [1.29, 1.82) is 0 Å². The molecule has 5 rings (SSSR count). The summed E-state index contributed by atoms with van der Waals surface area (Å²) in [5.74, 6) is 0.932. The molecule has 1 N–H and O–H groups in total. The van der Waals surface area contributed by atoms with E-state index in [1.807, 2.05) is 32.9 Å². The number of hydrogen-bond donors (Lipinski definition) is 1. The fraction of sp³-hybridized carbons (Fsp3) is 0.458. The molecular formula is C24H28BrN5O2. The second-order valence-electron chi connectivity index (χ2n) is 9.77. The lowest BCUT2D eigenvalue weighted by molar-refractivity contribution is 0.00825. The van der Waals surface area contributed by atoms with Gasteiger partial charge >= 0.3 is 6.09 Å². The number of fused-ring (bicyclic) bond motifs is 1. The van der Waals surface area contributed by atoms with Crippen LogP contribution in [-0.2, 0) is 11.3 Å². The molecule has 3 aromatic heterocycles. The zero-order valence-corrected chi connectivity index (χ0v) is 20.2. The quantitative estimate of drug-likeness (QED) is 0.483. The van der Waals surface area contributed by atoms with Gasteiger partial charge in [-0.15, -0.1) is 0 Å². The Morgan fingerprint density at radius 2 is 2.00 bits per heavy atom. The summed E-state index contributed by atoms with van der Waals surface area (Å²) in [6, 6.07) is 6.21.